The van der Waals surface area contributed by atoms with E-state index in [1.165, 1.54) is 0 Å². The molecule has 3 rings (SSSR count). The van der Waals surface area contributed by atoms with Crippen molar-refractivity contribution in [3.63, 3.8) is 0 Å². The summed E-state index contributed by atoms with van der Waals surface area (Å²) in [6.45, 7) is 4.03. The van der Waals surface area contributed by atoms with Gasteiger partial charge < -0.3 is 0 Å². The van der Waals surface area contributed by atoms with Gasteiger partial charge in [0.2, 0.25) is 0 Å². The van der Waals surface area contributed by atoms with Crippen LogP contribution in [0.2, 0.25) is 10.3 Å². The molecule has 0 atom stereocenters. The normalized spacial score (nSPS) is 11.2. The summed E-state index contributed by atoms with van der Waals surface area (Å²) in [4.78, 5) is 4.49. The molecule has 0 aliphatic rings. The summed E-state index contributed by atoms with van der Waals surface area (Å²) in [6, 6.07) is 9.75. The quantitative estimate of drug-likeness (QED) is 0.649. The van der Waals surface area contributed by atoms with Crippen LogP contribution in [0.1, 0.15) is 18.2 Å². The van der Waals surface area contributed by atoms with Crippen molar-refractivity contribution in [1.29, 1.82) is 0 Å². The molecule has 0 amide bonds. The number of halogens is 2. The highest BCUT2D eigenvalue weighted by Gasteiger charge is 2.18. The molecule has 0 unspecified atom stereocenters. The molecule has 5 heteroatoms. The standard InChI is InChI=1S/C15H13Cl2N3/c1-3-11-9(2)19-20-14(17)12(13(16)18-15(11)20)10-7-5-4-6-8-10/h4-8H,3H2,1-2H3. The Balaban J connectivity index is 2.36. The van der Waals surface area contributed by atoms with E-state index in [1.807, 2.05) is 37.3 Å². The Morgan fingerprint density at radius 3 is 2.50 bits per heavy atom. The summed E-state index contributed by atoms with van der Waals surface area (Å²) in [5.41, 5.74) is 4.39. The second-order valence-corrected chi connectivity index (χ2v) is 5.30. The average Bonchev–Trinajstić information content (AvgIpc) is 2.76. The molecule has 0 saturated carbocycles. The highest BCUT2D eigenvalue weighted by atomic mass is 35.5. The van der Waals surface area contributed by atoms with Crippen LogP contribution in [0.15, 0.2) is 30.3 Å². The Morgan fingerprint density at radius 1 is 1.15 bits per heavy atom. The molecule has 0 aliphatic carbocycles. The van der Waals surface area contributed by atoms with Crippen LogP contribution in [0.3, 0.4) is 0 Å². The zero-order valence-electron chi connectivity index (χ0n) is 11.2. The molecule has 102 valence electrons. The molecule has 0 radical (unpaired) electrons. The van der Waals surface area contributed by atoms with Gasteiger partial charge in [-0.15, -0.1) is 0 Å². The molecule has 0 aliphatic heterocycles. The van der Waals surface area contributed by atoms with Crippen LogP contribution >= 0.6 is 23.2 Å². The first-order chi connectivity index (χ1) is 9.63. The molecule has 1 aromatic carbocycles. The van der Waals surface area contributed by atoms with E-state index in [1.54, 1.807) is 4.52 Å². The average molecular weight is 306 g/mol. The fraction of sp³-hybridized carbons (Fsp3) is 0.200. The number of rotatable bonds is 2. The van der Waals surface area contributed by atoms with Gasteiger partial charge in [-0.2, -0.15) is 5.10 Å². The van der Waals surface area contributed by atoms with E-state index in [9.17, 15) is 0 Å². The Labute approximate surface area is 127 Å². The van der Waals surface area contributed by atoms with Gasteiger partial charge in [-0.1, -0.05) is 60.5 Å². The number of hydrogen-bond donors (Lipinski definition) is 0. The van der Waals surface area contributed by atoms with Crippen molar-refractivity contribution >= 4 is 28.8 Å². The van der Waals surface area contributed by atoms with E-state index >= 15 is 0 Å². The summed E-state index contributed by atoms with van der Waals surface area (Å²) in [7, 11) is 0. The molecule has 2 heterocycles. The van der Waals surface area contributed by atoms with Crippen LogP contribution in [-0.2, 0) is 6.42 Å². The molecule has 3 nitrogen and oxygen atoms in total. The van der Waals surface area contributed by atoms with Crippen molar-refractivity contribution in [3.05, 3.63) is 51.9 Å². The largest absolute Gasteiger partial charge is 0.216 e. The van der Waals surface area contributed by atoms with Gasteiger partial charge in [0.15, 0.2) is 5.65 Å². The summed E-state index contributed by atoms with van der Waals surface area (Å²) in [5, 5.41) is 5.37. The van der Waals surface area contributed by atoms with Crippen molar-refractivity contribution in [2.45, 2.75) is 20.3 Å². The maximum atomic E-state index is 6.50. The Bertz CT molecular complexity index is 779. The molecule has 0 fully saturated rings. The maximum absolute atomic E-state index is 6.50. The van der Waals surface area contributed by atoms with Gasteiger partial charge in [0.25, 0.3) is 0 Å². The Morgan fingerprint density at radius 2 is 1.85 bits per heavy atom. The molecule has 20 heavy (non-hydrogen) atoms. The third-order valence-corrected chi connectivity index (χ3v) is 4.00. The van der Waals surface area contributed by atoms with Crippen LogP contribution < -0.4 is 0 Å². The van der Waals surface area contributed by atoms with E-state index in [-0.39, 0.29) is 0 Å². The summed E-state index contributed by atoms with van der Waals surface area (Å²) < 4.78 is 1.67. The predicted molar refractivity (Wildman–Crippen MR) is 82.6 cm³/mol. The maximum Gasteiger partial charge on any atom is 0.161 e. The number of nitrogens with zero attached hydrogens (tertiary/aromatic N) is 3. The molecule has 0 saturated heterocycles. The molecule has 0 spiro atoms. The first-order valence-electron chi connectivity index (χ1n) is 6.42. The lowest BCUT2D eigenvalue weighted by atomic mass is 10.1. The number of fused-ring (bicyclic) bond motifs is 1. The summed E-state index contributed by atoms with van der Waals surface area (Å²) in [6.07, 6.45) is 0.847. The fourth-order valence-electron chi connectivity index (χ4n) is 2.40. The van der Waals surface area contributed by atoms with Crippen LogP contribution in [0.4, 0.5) is 0 Å². The van der Waals surface area contributed by atoms with E-state index in [4.69, 9.17) is 23.2 Å². The molecule has 3 aromatic rings. The van der Waals surface area contributed by atoms with Gasteiger partial charge in [-0.05, 0) is 18.9 Å². The van der Waals surface area contributed by atoms with E-state index < -0.39 is 0 Å². The minimum atomic E-state index is 0.406. The second kappa shape index (κ2) is 5.08. The highest BCUT2D eigenvalue weighted by molar-refractivity contribution is 6.38. The SMILES string of the molecule is CCc1c(C)nn2c(Cl)c(-c3ccccc3)c(Cl)nc12. The third kappa shape index (κ3) is 1.98. The van der Waals surface area contributed by atoms with Gasteiger partial charge in [0.1, 0.15) is 10.3 Å². The molecular formula is C15H13Cl2N3. The van der Waals surface area contributed by atoms with Crippen molar-refractivity contribution in [1.82, 2.24) is 14.6 Å². The van der Waals surface area contributed by atoms with E-state index in [0.29, 0.717) is 15.9 Å². The minimum Gasteiger partial charge on any atom is -0.216 e. The van der Waals surface area contributed by atoms with Crippen LogP contribution in [0.25, 0.3) is 16.8 Å². The first kappa shape index (κ1) is 13.4. The van der Waals surface area contributed by atoms with Gasteiger partial charge in [-0.25, -0.2) is 9.50 Å². The lowest BCUT2D eigenvalue weighted by Crippen LogP contribution is -1.97. The van der Waals surface area contributed by atoms with Crippen molar-refractivity contribution in [2.24, 2.45) is 0 Å². The monoisotopic (exact) mass is 305 g/mol. The Kier molecular flexibility index (Phi) is 3.40. The smallest absolute Gasteiger partial charge is 0.161 e. The second-order valence-electron chi connectivity index (χ2n) is 4.59. The van der Waals surface area contributed by atoms with Crippen molar-refractivity contribution < 1.29 is 0 Å². The van der Waals surface area contributed by atoms with Gasteiger partial charge in [0.05, 0.1) is 11.3 Å². The molecule has 0 N–H and O–H groups in total. The number of aryl methyl sites for hydroxylation is 2. The predicted octanol–water partition coefficient (Wildman–Crippen LogP) is 4.57. The third-order valence-electron chi connectivity index (χ3n) is 3.38. The minimum absolute atomic E-state index is 0.406. The lowest BCUT2D eigenvalue weighted by molar-refractivity contribution is 0.919. The van der Waals surface area contributed by atoms with E-state index in [0.717, 1.165) is 28.9 Å². The topological polar surface area (TPSA) is 30.2 Å². The fourth-order valence-corrected chi connectivity index (χ4v) is 3.04. The van der Waals surface area contributed by atoms with Crippen LogP contribution in [0, 0.1) is 6.92 Å². The lowest BCUT2D eigenvalue weighted by Gasteiger charge is -2.08. The number of benzene rings is 1. The number of aromatic nitrogens is 3. The van der Waals surface area contributed by atoms with Crippen LogP contribution in [0.5, 0.6) is 0 Å². The summed E-state index contributed by atoms with van der Waals surface area (Å²) >= 11 is 12.8. The van der Waals surface area contributed by atoms with Gasteiger partial charge >= 0.3 is 0 Å². The molecule has 2 aromatic heterocycles. The van der Waals surface area contributed by atoms with Crippen LogP contribution in [-0.4, -0.2) is 14.6 Å². The van der Waals surface area contributed by atoms with Crippen molar-refractivity contribution in [3.8, 4) is 11.1 Å². The summed E-state index contributed by atoms with van der Waals surface area (Å²) in [5.74, 6) is 0. The highest BCUT2D eigenvalue weighted by Crippen LogP contribution is 2.34. The van der Waals surface area contributed by atoms with E-state index in [2.05, 4.69) is 17.0 Å². The molecule has 0 bridgehead atoms. The zero-order chi connectivity index (χ0) is 14.3. The Hall–Kier alpha value is -1.58. The van der Waals surface area contributed by atoms with Crippen molar-refractivity contribution in [2.75, 3.05) is 0 Å². The number of hydrogen-bond acceptors (Lipinski definition) is 2. The zero-order valence-corrected chi connectivity index (χ0v) is 12.7. The van der Waals surface area contributed by atoms with Gasteiger partial charge in [-0.3, -0.25) is 0 Å². The molecular weight excluding hydrogens is 293 g/mol. The van der Waals surface area contributed by atoms with Gasteiger partial charge in [0, 0.05) is 5.56 Å². The first-order valence-corrected chi connectivity index (χ1v) is 7.17.